The summed E-state index contributed by atoms with van der Waals surface area (Å²) in [6, 6.07) is 4.46. The molecule has 17 heavy (non-hydrogen) atoms. The van der Waals surface area contributed by atoms with Crippen molar-refractivity contribution in [3.05, 3.63) is 40.4 Å². The van der Waals surface area contributed by atoms with Gasteiger partial charge in [-0.05, 0) is 35.0 Å². The molecule has 0 spiro atoms. The van der Waals surface area contributed by atoms with Crippen molar-refractivity contribution in [3.63, 3.8) is 0 Å². The number of halogens is 2. The largest absolute Gasteiger partial charge is 0.438 e. The van der Waals surface area contributed by atoms with Gasteiger partial charge >= 0.3 is 0 Å². The summed E-state index contributed by atoms with van der Waals surface area (Å²) < 4.78 is 19.1. The number of aromatic nitrogens is 2. The molecule has 6 heteroatoms. The molecule has 0 saturated carbocycles. The van der Waals surface area contributed by atoms with Crippen LogP contribution in [0.25, 0.3) is 0 Å². The van der Waals surface area contributed by atoms with Gasteiger partial charge in [-0.3, -0.25) is 0 Å². The van der Waals surface area contributed by atoms with E-state index in [9.17, 15) is 4.39 Å². The van der Waals surface area contributed by atoms with E-state index in [1.165, 1.54) is 12.4 Å². The van der Waals surface area contributed by atoms with Gasteiger partial charge in [-0.15, -0.1) is 0 Å². The molecule has 88 valence electrons. The Labute approximate surface area is 106 Å². The summed E-state index contributed by atoms with van der Waals surface area (Å²) in [7, 11) is 0. The first kappa shape index (κ1) is 11.8. The molecule has 0 radical (unpaired) electrons. The van der Waals surface area contributed by atoms with Crippen LogP contribution in [0.3, 0.4) is 0 Å². The van der Waals surface area contributed by atoms with Crippen LogP contribution in [-0.2, 0) is 0 Å². The highest BCUT2D eigenvalue weighted by Gasteiger charge is 2.08. The average molecular weight is 298 g/mol. The number of nitrogen functional groups attached to an aromatic ring is 1. The van der Waals surface area contributed by atoms with Gasteiger partial charge in [0.25, 0.3) is 0 Å². The van der Waals surface area contributed by atoms with Crippen molar-refractivity contribution in [1.82, 2.24) is 9.97 Å². The van der Waals surface area contributed by atoms with Gasteiger partial charge in [0.15, 0.2) is 0 Å². The fourth-order valence-electron chi connectivity index (χ4n) is 1.20. The van der Waals surface area contributed by atoms with E-state index in [1.807, 2.05) is 0 Å². The normalized spacial score (nSPS) is 10.3. The smallest absolute Gasteiger partial charge is 0.227 e. The molecule has 0 aliphatic rings. The molecule has 0 bridgehead atoms. The van der Waals surface area contributed by atoms with Gasteiger partial charge in [-0.25, -0.2) is 14.4 Å². The van der Waals surface area contributed by atoms with Gasteiger partial charge in [-0.1, -0.05) is 0 Å². The summed E-state index contributed by atoms with van der Waals surface area (Å²) in [6.07, 6.45) is 1.30. The summed E-state index contributed by atoms with van der Waals surface area (Å²) >= 11 is 3.06. The van der Waals surface area contributed by atoms with Gasteiger partial charge in [0.2, 0.25) is 5.88 Å². The Morgan fingerprint density at radius 2 is 2.12 bits per heavy atom. The highest BCUT2D eigenvalue weighted by Crippen LogP contribution is 2.27. The topological polar surface area (TPSA) is 61.0 Å². The first-order valence-corrected chi connectivity index (χ1v) is 5.57. The minimum absolute atomic E-state index is 0.319. The molecule has 0 amide bonds. The molecule has 0 unspecified atom stereocenters. The Kier molecular flexibility index (Phi) is 3.23. The molecule has 2 aromatic rings. The fraction of sp³-hybridized carbons (Fsp3) is 0.0909. The Bertz CT molecular complexity index is 562. The first-order chi connectivity index (χ1) is 8.08. The number of rotatable bonds is 2. The van der Waals surface area contributed by atoms with Gasteiger partial charge in [0, 0.05) is 6.07 Å². The highest BCUT2D eigenvalue weighted by molar-refractivity contribution is 9.10. The van der Waals surface area contributed by atoms with E-state index in [2.05, 4.69) is 25.9 Å². The van der Waals surface area contributed by atoms with E-state index in [1.54, 1.807) is 19.1 Å². The lowest BCUT2D eigenvalue weighted by molar-refractivity contribution is 0.453. The zero-order valence-corrected chi connectivity index (χ0v) is 10.5. The Balaban J connectivity index is 2.31. The van der Waals surface area contributed by atoms with Crippen LogP contribution >= 0.6 is 15.9 Å². The molecule has 0 aliphatic carbocycles. The summed E-state index contributed by atoms with van der Waals surface area (Å²) in [4.78, 5) is 7.76. The van der Waals surface area contributed by atoms with Crippen LogP contribution in [0, 0.1) is 12.7 Å². The third-order valence-corrected chi connectivity index (χ3v) is 2.83. The van der Waals surface area contributed by atoms with Crippen molar-refractivity contribution < 1.29 is 9.13 Å². The lowest BCUT2D eigenvalue weighted by Gasteiger charge is -2.08. The van der Waals surface area contributed by atoms with Crippen molar-refractivity contribution in [1.29, 1.82) is 0 Å². The van der Waals surface area contributed by atoms with Crippen molar-refractivity contribution in [2.75, 3.05) is 5.73 Å². The zero-order valence-electron chi connectivity index (χ0n) is 8.95. The monoisotopic (exact) mass is 297 g/mol. The van der Waals surface area contributed by atoms with E-state index in [4.69, 9.17) is 10.5 Å². The quantitative estimate of drug-likeness (QED) is 0.925. The predicted molar refractivity (Wildman–Crippen MR) is 65.4 cm³/mol. The summed E-state index contributed by atoms with van der Waals surface area (Å²) in [6.45, 7) is 1.74. The maximum absolute atomic E-state index is 13.3. The molecule has 1 aromatic heterocycles. The summed E-state index contributed by atoms with van der Waals surface area (Å²) in [5.41, 5.74) is 6.24. The van der Waals surface area contributed by atoms with Crippen molar-refractivity contribution in [2.24, 2.45) is 0 Å². The second-order valence-electron chi connectivity index (χ2n) is 3.37. The maximum Gasteiger partial charge on any atom is 0.227 e. The third kappa shape index (κ3) is 2.52. The van der Waals surface area contributed by atoms with E-state index in [-0.39, 0.29) is 0 Å². The predicted octanol–water partition coefficient (Wildman–Crippen LogP) is 3.06. The molecular weight excluding hydrogens is 289 g/mol. The van der Waals surface area contributed by atoms with E-state index < -0.39 is 5.82 Å². The van der Waals surface area contributed by atoms with Crippen molar-refractivity contribution in [2.45, 2.75) is 6.92 Å². The molecule has 1 aromatic carbocycles. The molecule has 1 heterocycles. The zero-order chi connectivity index (χ0) is 12.4. The maximum atomic E-state index is 13.3. The Hall–Kier alpha value is -1.69. The second-order valence-corrected chi connectivity index (χ2v) is 4.22. The molecule has 0 fully saturated rings. The molecular formula is C11H9BrFN3O. The number of benzene rings is 1. The second kappa shape index (κ2) is 4.67. The molecule has 2 rings (SSSR count). The first-order valence-electron chi connectivity index (χ1n) is 4.78. The highest BCUT2D eigenvalue weighted by atomic mass is 79.9. The standard InChI is InChI=1S/C11H9BrFN3O/c1-6-10(14)15-5-16-11(6)17-7-2-3-8(12)9(13)4-7/h2-5H,1H3,(H2,14,15,16). The van der Waals surface area contributed by atoms with Gasteiger partial charge in [-0.2, -0.15) is 0 Å². The molecule has 0 saturated heterocycles. The molecule has 0 aliphatic heterocycles. The van der Waals surface area contributed by atoms with E-state index in [0.29, 0.717) is 27.5 Å². The van der Waals surface area contributed by atoms with E-state index >= 15 is 0 Å². The molecule has 4 nitrogen and oxygen atoms in total. The minimum Gasteiger partial charge on any atom is -0.438 e. The van der Waals surface area contributed by atoms with E-state index in [0.717, 1.165) is 0 Å². The third-order valence-electron chi connectivity index (χ3n) is 2.18. The van der Waals surface area contributed by atoms with Crippen LogP contribution in [0.15, 0.2) is 29.0 Å². The number of ether oxygens (including phenoxy) is 1. The summed E-state index contributed by atoms with van der Waals surface area (Å²) in [5, 5.41) is 0. The van der Waals surface area contributed by atoms with Gasteiger partial charge in [0.05, 0.1) is 10.0 Å². The number of hydrogen-bond acceptors (Lipinski definition) is 4. The van der Waals surface area contributed by atoms with Crippen LogP contribution in [0.5, 0.6) is 11.6 Å². The summed E-state index contributed by atoms with van der Waals surface area (Å²) in [5.74, 6) is 0.612. The fourth-order valence-corrected chi connectivity index (χ4v) is 1.45. The molecule has 0 atom stereocenters. The number of nitrogens with two attached hydrogens (primary N) is 1. The number of anilines is 1. The lowest BCUT2D eigenvalue weighted by atomic mass is 10.3. The minimum atomic E-state index is -0.401. The van der Waals surface area contributed by atoms with Crippen molar-refractivity contribution >= 4 is 21.7 Å². The molecule has 2 N–H and O–H groups in total. The number of hydrogen-bond donors (Lipinski definition) is 1. The Morgan fingerprint density at radius 3 is 2.82 bits per heavy atom. The average Bonchev–Trinajstić information content (AvgIpc) is 2.30. The van der Waals surface area contributed by atoms with Gasteiger partial charge < -0.3 is 10.5 Å². The SMILES string of the molecule is Cc1c(N)ncnc1Oc1ccc(Br)c(F)c1. The van der Waals surface area contributed by atoms with Crippen LogP contribution in [0.1, 0.15) is 5.56 Å². The van der Waals surface area contributed by atoms with Crippen LogP contribution in [0.4, 0.5) is 10.2 Å². The van der Waals surface area contributed by atoms with Gasteiger partial charge in [0.1, 0.15) is 23.7 Å². The Morgan fingerprint density at radius 1 is 1.35 bits per heavy atom. The van der Waals surface area contributed by atoms with Crippen LogP contribution in [0.2, 0.25) is 0 Å². The number of nitrogens with zero attached hydrogens (tertiary/aromatic N) is 2. The van der Waals surface area contributed by atoms with Crippen molar-refractivity contribution in [3.8, 4) is 11.6 Å². The van der Waals surface area contributed by atoms with Crippen LogP contribution in [-0.4, -0.2) is 9.97 Å². The van der Waals surface area contributed by atoms with Crippen LogP contribution < -0.4 is 10.5 Å². The lowest BCUT2D eigenvalue weighted by Crippen LogP contribution is -1.99.